The predicted molar refractivity (Wildman–Crippen MR) is 82.7 cm³/mol. The van der Waals surface area contributed by atoms with Gasteiger partial charge in [-0.15, -0.1) is 0 Å². The van der Waals surface area contributed by atoms with Gasteiger partial charge in [-0.05, 0) is 37.9 Å². The van der Waals surface area contributed by atoms with Crippen molar-refractivity contribution in [1.29, 1.82) is 0 Å². The Balaban J connectivity index is 1.49. The number of nitrogens with zero attached hydrogens (tertiary/aromatic N) is 1. The van der Waals surface area contributed by atoms with Gasteiger partial charge in [0.1, 0.15) is 0 Å². The molecule has 0 saturated carbocycles. The van der Waals surface area contributed by atoms with Gasteiger partial charge in [0.2, 0.25) is 6.79 Å². The van der Waals surface area contributed by atoms with Gasteiger partial charge in [-0.1, -0.05) is 18.0 Å². The predicted octanol–water partition coefficient (Wildman–Crippen LogP) is 2.43. The Hall–Kier alpha value is -1.46. The minimum absolute atomic E-state index is 0.0855. The normalized spacial score (nSPS) is 26.8. The van der Waals surface area contributed by atoms with Crippen LogP contribution in [0.15, 0.2) is 12.1 Å². The van der Waals surface area contributed by atoms with Crippen molar-refractivity contribution in [1.82, 2.24) is 10.2 Å². The molecule has 0 bridgehead atoms. The van der Waals surface area contributed by atoms with Gasteiger partial charge in [0.25, 0.3) is 5.91 Å². The van der Waals surface area contributed by atoms with E-state index in [-0.39, 0.29) is 18.7 Å². The number of halogens is 1. The number of ether oxygens (including phenoxy) is 2. The van der Waals surface area contributed by atoms with Gasteiger partial charge in [0.05, 0.1) is 5.02 Å². The molecule has 3 aliphatic heterocycles. The number of carbonyl (C=O) groups excluding carboxylic acids is 1. The lowest BCUT2D eigenvalue weighted by Crippen LogP contribution is -2.46. The molecule has 4 rings (SSSR count). The van der Waals surface area contributed by atoms with Crippen molar-refractivity contribution in [3.05, 3.63) is 22.7 Å². The average molecular weight is 323 g/mol. The maximum atomic E-state index is 12.5. The first kappa shape index (κ1) is 14.2. The minimum Gasteiger partial charge on any atom is -0.454 e. The molecule has 2 fully saturated rings. The largest absolute Gasteiger partial charge is 0.454 e. The number of carbonyl (C=O) groups is 1. The van der Waals surface area contributed by atoms with E-state index in [1.54, 1.807) is 12.1 Å². The van der Waals surface area contributed by atoms with Crippen molar-refractivity contribution < 1.29 is 14.3 Å². The van der Waals surface area contributed by atoms with E-state index in [0.717, 1.165) is 19.5 Å². The van der Waals surface area contributed by atoms with Crippen molar-refractivity contribution in [3.63, 3.8) is 0 Å². The number of rotatable bonds is 2. The van der Waals surface area contributed by atoms with E-state index in [2.05, 4.69) is 10.2 Å². The van der Waals surface area contributed by atoms with E-state index in [1.807, 2.05) is 0 Å². The summed E-state index contributed by atoms with van der Waals surface area (Å²) in [5.41, 5.74) is 0.531. The van der Waals surface area contributed by atoms with E-state index in [0.29, 0.717) is 28.1 Å². The average Bonchev–Trinajstić information content (AvgIpc) is 3.15. The van der Waals surface area contributed by atoms with Crippen molar-refractivity contribution in [2.75, 3.05) is 19.9 Å². The molecule has 2 saturated heterocycles. The number of benzene rings is 1. The molecule has 0 spiro atoms. The lowest BCUT2D eigenvalue weighted by atomic mass is 9.99. The molecular weight excluding hydrogens is 304 g/mol. The third-order valence-electron chi connectivity index (χ3n) is 4.86. The molecule has 6 heteroatoms. The Labute approximate surface area is 134 Å². The first-order chi connectivity index (χ1) is 10.7. The fourth-order valence-electron chi connectivity index (χ4n) is 3.77. The smallest absolute Gasteiger partial charge is 0.251 e. The number of piperidine rings is 1. The van der Waals surface area contributed by atoms with Crippen LogP contribution in [-0.2, 0) is 0 Å². The zero-order valence-corrected chi connectivity index (χ0v) is 13.1. The quantitative estimate of drug-likeness (QED) is 0.908. The fraction of sp³-hybridized carbons (Fsp3) is 0.562. The van der Waals surface area contributed by atoms with Crippen LogP contribution in [0.4, 0.5) is 0 Å². The van der Waals surface area contributed by atoms with Gasteiger partial charge in [-0.3, -0.25) is 9.69 Å². The maximum Gasteiger partial charge on any atom is 0.251 e. The van der Waals surface area contributed by atoms with Crippen LogP contribution in [0, 0.1) is 0 Å². The molecule has 0 aromatic heterocycles. The van der Waals surface area contributed by atoms with Crippen molar-refractivity contribution in [3.8, 4) is 11.5 Å². The molecule has 0 unspecified atom stereocenters. The van der Waals surface area contributed by atoms with E-state index >= 15 is 0 Å². The molecule has 1 amide bonds. The van der Waals surface area contributed by atoms with Crippen LogP contribution in [0.2, 0.25) is 5.02 Å². The zero-order valence-electron chi connectivity index (χ0n) is 12.3. The fourth-order valence-corrected chi connectivity index (χ4v) is 4.03. The lowest BCUT2D eigenvalue weighted by Gasteiger charge is -2.32. The molecule has 3 heterocycles. The molecule has 1 aromatic rings. The molecule has 0 radical (unpaired) electrons. The summed E-state index contributed by atoms with van der Waals surface area (Å²) >= 11 is 6.15. The highest BCUT2D eigenvalue weighted by Crippen LogP contribution is 2.39. The highest BCUT2D eigenvalue weighted by Gasteiger charge is 2.36. The minimum atomic E-state index is -0.0855. The number of amides is 1. The molecule has 1 aromatic carbocycles. The first-order valence-corrected chi connectivity index (χ1v) is 8.24. The Bertz CT molecular complexity index is 607. The third kappa shape index (κ3) is 2.42. The highest BCUT2D eigenvalue weighted by molar-refractivity contribution is 6.32. The van der Waals surface area contributed by atoms with Crippen molar-refractivity contribution >= 4 is 17.5 Å². The van der Waals surface area contributed by atoms with Crippen LogP contribution < -0.4 is 14.8 Å². The van der Waals surface area contributed by atoms with E-state index in [4.69, 9.17) is 21.1 Å². The number of fused-ring (bicyclic) bond motifs is 2. The van der Waals surface area contributed by atoms with Crippen LogP contribution in [0.3, 0.4) is 0 Å². The van der Waals surface area contributed by atoms with Crippen LogP contribution in [0.5, 0.6) is 11.5 Å². The second kappa shape index (κ2) is 5.63. The van der Waals surface area contributed by atoms with Crippen LogP contribution >= 0.6 is 11.6 Å². The van der Waals surface area contributed by atoms with E-state index < -0.39 is 0 Å². The van der Waals surface area contributed by atoms with Gasteiger partial charge in [0.15, 0.2) is 11.5 Å². The highest BCUT2D eigenvalue weighted by atomic mass is 35.5. The van der Waals surface area contributed by atoms with Gasteiger partial charge < -0.3 is 14.8 Å². The Morgan fingerprint density at radius 2 is 2.14 bits per heavy atom. The van der Waals surface area contributed by atoms with E-state index in [9.17, 15) is 4.79 Å². The monoisotopic (exact) mass is 322 g/mol. The number of nitrogens with one attached hydrogen (secondary N) is 1. The second-order valence-corrected chi connectivity index (χ2v) is 6.57. The van der Waals surface area contributed by atoms with Crippen molar-refractivity contribution in [2.45, 2.75) is 37.8 Å². The Kier molecular flexibility index (Phi) is 3.62. The summed E-state index contributed by atoms with van der Waals surface area (Å²) in [4.78, 5) is 15.0. The summed E-state index contributed by atoms with van der Waals surface area (Å²) in [6.07, 6.45) is 4.72. The second-order valence-electron chi connectivity index (χ2n) is 6.16. The van der Waals surface area contributed by atoms with Crippen LogP contribution in [0.1, 0.15) is 36.0 Å². The molecular formula is C16H19ClN2O3. The first-order valence-electron chi connectivity index (χ1n) is 7.86. The molecule has 118 valence electrons. The van der Waals surface area contributed by atoms with Gasteiger partial charge >= 0.3 is 0 Å². The number of hydrogen-bond donors (Lipinski definition) is 1. The standard InChI is InChI=1S/C16H19ClN2O3/c17-11-7-10(8-14-15(11)22-9-21-14)16(20)18-12-4-6-19-5-2-1-3-13(12)19/h7-8,12-13H,1-6,9H2,(H,18,20)/t12-,13+/m1/s1. The summed E-state index contributed by atoms with van der Waals surface area (Å²) in [7, 11) is 0. The van der Waals surface area contributed by atoms with Gasteiger partial charge in [0, 0.05) is 24.2 Å². The number of hydrogen-bond acceptors (Lipinski definition) is 4. The summed E-state index contributed by atoms with van der Waals surface area (Å²) in [5, 5.41) is 3.60. The third-order valence-corrected chi connectivity index (χ3v) is 5.14. The zero-order chi connectivity index (χ0) is 15.1. The maximum absolute atomic E-state index is 12.5. The van der Waals surface area contributed by atoms with Crippen LogP contribution in [0.25, 0.3) is 0 Å². The molecule has 3 aliphatic rings. The molecule has 5 nitrogen and oxygen atoms in total. The van der Waals surface area contributed by atoms with Crippen molar-refractivity contribution in [2.24, 2.45) is 0 Å². The van der Waals surface area contributed by atoms with E-state index in [1.165, 1.54) is 19.3 Å². The topological polar surface area (TPSA) is 50.8 Å². The van der Waals surface area contributed by atoms with Gasteiger partial charge in [-0.25, -0.2) is 0 Å². The molecule has 2 atom stereocenters. The summed E-state index contributed by atoms with van der Waals surface area (Å²) in [6.45, 7) is 2.39. The summed E-state index contributed by atoms with van der Waals surface area (Å²) < 4.78 is 10.6. The molecule has 0 aliphatic carbocycles. The lowest BCUT2D eigenvalue weighted by molar-refractivity contribution is 0.0915. The SMILES string of the molecule is O=C(N[C@@H]1CCN2CCCC[C@@H]12)c1cc(Cl)c2c(c1)OCO2. The molecule has 1 N–H and O–H groups in total. The Morgan fingerprint density at radius 3 is 3.05 bits per heavy atom. The van der Waals surface area contributed by atoms with Crippen LogP contribution in [-0.4, -0.2) is 42.8 Å². The summed E-state index contributed by atoms with van der Waals surface area (Å²) in [6, 6.07) is 4.08. The summed E-state index contributed by atoms with van der Waals surface area (Å²) in [5.74, 6) is 0.985. The molecule has 22 heavy (non-hydrogen) atoms. The Morgan fingerprint density at radius 1 is 1.23 bits per heavy atom. The van der Waals surface area contributed by atoms with Gasteiger partial charge in [-0.2, -0.15) is 0 Å².